The minimum Gasteiger partial charge on any atom is -0.508 e. The Labute approximate surface area is 124 Å². The predicted molar refractivity (Wildman–Crippen MR) is 85.5 cm³/mol. The standard InChI is InChI=1S/C17H20N2O2/c1-3-17(21)19-15-8-5-7-14(11-15)18-12(2)13-6-4-9-16(20)10-13/h4-12,18,20H,3H2,1-2H3,(H,19,21). The molecule has 4 heteroatoms. The lowest BCUT2D eigenvalue weighted by Crippen LogP contribution is -2.10. The first kappa shape index (κ1) is 14.9. The van der Waals surface area contributed by atoms with Crippen LogP contribution in [0.4, 0.5) is 11.4 Å². The van der Waals surface area contributed by atoms with Gasteiger partial charge in [0.25, 0.3) is 0 Å². The first-order valence-corrected chi connectivity index (χ1v) is 7.04. The van der Waals surface area contributed by atoms with Gasteiger partial charge in [-0.25, -0.2) is 0 Å². The van der Waals surface area contributed by atoms with Crippen molar-refractivity contribution in [3.05, 3.63) is 54.1 Å². The van der Waals surface area contributed by atoms with Gasteiger partial charge in [0.1, 0.15) is 5.75 Å². The van der Waals surface area contributed by atoms with E-state index in [0.717, 1.165) is 16.9 Å². The molecule has 0 fully saturated rings. The summed E-state index contributed by atoms with van der Waals surface area (Å²) in [4.78, 5) is 11.4. The highest BCUT2D eigenvalue weighted by Gasteiger charge is 2.07. The molecule has 0 aliphatic heterocycles. The lowest BCUT2D eigenvalue weighted by atomic mass is 10.1. The van der Waals surface area contributed by atoms with Crippen molar-refractivity contribution in [2.24, 2.45) is 0 Å². The molecule has 0 heterocycles. The Morgan fingerprint density at radius 3 is 2.57 bits per heavy atom. The Morgan fingerprint density at radius 1 is 1.14 bits per heavy atom. The highest BCUT2D eigenvalue weighted by Crippen LogP contribution is 2.23. The van der Waals surface area contributed by atoms with Gasteiger partial charge in [-0.1, -0.05) is 25.1 Å². The molecule has 2 rings (SSSR count). The fourth-order valence-corrected chi connectivity index (χ4v) is 2.06. The topological polar surface area (TPSA) is 61.4 Å². The van der Waals surface area contributed by atoms with Crippen LogP contribution in [-0.4, -0.2) is 11.0 Å². The lowest BCUT2D eigenvalue weighted by molar-refractivity contribution is -0.115. The zero-order valence-electron chi connectivity index (χ0n) is 12.3. The molecule has 1 unspecified atom stereocenters. The number of carbonyl (C=O) groups is 1. The number of anilines is 2. The first-order chi connectivity index (χ1) is 10.1. The molecule has 1 amide bonds. The zero-order chi connectivity index (χ0) is 15.2. The summed E-state index contributed by atoms with van der Waals surface area (Å²) in [5.41, 5.74) is 2.69. The lowest BCUT2D eigenvalue weighted by Gasteiger charge is -2.16. The van der Waals surface area contributed by atoms with Gasteiger partial charge in [0.2, 0.25) is 5.91 Å². The average molecular weight is 284 g/mol. The van der Waals surface area contributed by atoms with Gasteiger partial charge in [-0.15, -0.1) is 0 Å². The summed E-state index contributed by atoms with van der Waals surface area (Å²) in [5.74, 6) is 0.248. The maximum atomic E-state index is 11.4. The molecule has 110 valence electrons. The largest absolute Gasteiger partial charge is 0.508 e. The Kier molecular flexibility index (Phi) is 4.82. The minimum absolute atomic E-state index is 0.00631. The number of rotatable bonds is 5. The summed E-state index contributed by atoms with van der Waals surface area (Å²) < 4.78 is 0. The quantitative estimate of drug-likeness (QED) is 0.780. The van der Waals surface area contributed by atoms with Gasteiger partial charge in [-0.05, 0) is 42.8 Å². The van der Waals surface area contributed by atoms with Gasteiger partial charge in [0.15, 0.2) is 0 Å². The molecular formula is C17H20N2O2. The third kappa shape index (κ3) is 4.24. The van der Waals surface area contributed by atoms with Gasteiger partial charge in [0.05, 0.1) is 0 Å². The van der Waals surface area contributed by atoms with E-state index in [9.17, 15) is 9.90 Å². The SMILES string of the molecule is CCC(=O)Nc1cccc(NC(C)c2cccc(O)c2)c1. The number of phenolic OH excluding ortho intramolecular Hbond substituents is 1. The summed E-state index contributed by atoms with van der Waals surface area (Å²) >= 11 is 0. The van der Waals surface area contributed by atoms with Crippen molar-refractivity contribution in [3.63, 3.8) is 0 Å². The van der Waals surface area contributed by atoms with Gasteiger partial charge in [-0.3, -0.25) is 4.79 Å². The fourth-order valence-electron chi connectivity index (χ4n) is 2.06. The molecule has 0 aliphatic carbocycles. The van der Waals surface area contributed by atoms with Crippen LogP contribution in [0, 0.1) is 0 Å². The van der Waals surface area contributed by atoms with E-state index < -0.39 is 0 Å². The van der Waals surface area contributed by atoms with Crippen LogP contribution in [0.5, 0.6) is 5.75 Å². The van der Waals surface area contributed by atoms with E-state index in [1.54, 1.807) is 12.1 Å². The van der Waals surface area contributed by atoms with Crippen molar-refractivity contribution >= 4 is 17.3 Å². The van der Waals surface area contributed by atoms with Crippen LogP contribution in [0.15, 0.2) is 48.5 Å². The summed E-state index contributed by atoms with van der Waals surface area (Å²) in [7, 11) is 0. The molecule has 1 atom stereocenters. The highest BCUT2D eigenvalue weighted by atomic mass is 16.3. The molecule has 0 aliphatic rings. The third-order valence-electron chi connectivity index (χ3n) is 3.22. The number of nitrogens with one attached hydrogen (secondary N) is 2. The number of amides is 1. The Bertz CT molecular complexity index is 626. The second-order valence-corrected chi connectivity index (χ2v) is 4.94. The maximum absolute atomic E-state index is 11.4. The van der Waals surface area contributed by atoms with Crippen LogP contribution in [0.25, 0.3) is 0 Å². The molecule has 0 spiro atoms. The van der Waals surface area contributed by atoms with Crippen LogP contribution in [0.1, 0.15) is 31.9 Å². The molecule has 0 saturated carbocycles. The fraction of sp³-hybridized carbons (Fsp3) is 0.235. The number of hydrogen-bond acceptors (Lipinski definition) is 3. The summed E-state index contributed by atoms with van der Waals surface area (Å²) in [6.07, 6.45) is 0.456. The van der Waals surface area contributed by atoms with Crippen molar-refractivity contribution in [3.8, 4) is 5.75 Å². The number of carbonyl (C=O) groups excluding carboxylic acids is 1. The van der Waals surface area contributed by atoms with Crippen LogP contribution in [0.3, 0.4) is 0 Å². The summed E-state index contributed by atoms with van der Waals surface area (Å²) in [6, 6.07) is 14.8. The maximum Gasteiger partial charge on any atom is 0.224 e. The summed E-state index contributed by atoms with van der Waals surface area (Å²) in [6.45, 7) is 3.84. The van der Waals surface area contributed by atoms with Gasteiger partial charge in [0, 0.05) is 23.8 Å². The molecule has 21 heavy (non-hydrogen) atoms. The molecular weight excluding hydrogens is 264 g/mol. The smallest absolute Gasteiger partial charge is 0.224 e. The predicted octanol–water partition coefficient (Wildman–Crippen LogP) is 3.91. The van der Waals surface area contributed by atoms with Gasteiger partial charge >= 0.3 is 0 Å². The van der Waals surface area contributed by atoms with E-state index in [1.807, 2.05) is 50.2 Å². The first-order valence-electron chi connectivity index (χ1n) is 7.04. The number of phenols is 1. The molecule has 0 radical (unpaired) electrons. The Hall–Kier alpha value is -2.49. The van der Waals surface area contributed by atoms with E-state index in [4.69, 9.17) is 0 Å². The number of benzene rings is 2. The van der Waals surface area contributed by atoms with Crippen LogP contribution in [0.2, 0.25) is 0 Å². The third-order valence-corrected chi connectivity index (χ3v) is 3.22. The van der Waals surface area contributed by atoms with Gasteiger partial charge in [-0.2, -0.15) is 0 Å². The van der Waals surface area contributed by atoms with Crippen molar-refractivity contribution in [1.82, 2.24) is 0 Å². The Balaban J connectivity index is 2.08. The second kappa shape index (κ2) is 6.79. The Morgan fingerprint density at radius 2 is 1.86 bits per heavy atom. The van der Waals surface area contributed by atoms with E-state index in [1.165, 1.54) is 0 Å². The van der Waals surface area contributed by atoms with Crippen LogP contribution < -0.4 is 10.6 Å². The average Bonchev–Trinajstić information content (AvgIpc) is 2.47. The van der Waals surface area contributed by atoms with Crippen molar-refractivity contribution < 1.29 is 9.90 Å². The van der Waals surface area contributed by atoms with E-state index in [-0.39, 0.29) is 17.7 Å². The molecule has 3 N–H and O–H groups in total. The number of hydrogen-bond donors (Lipinski definition) is 3. The molecule has 0 aromatic heterocycles. The van der Waals surface area contributed by atoms with Crippen LogP contribution >= 0.6 is 0 Å². The van der Waals surface area contributed by atoms with Crippen molar-refractivity contribution in [1.29, 1.82) is 0 Å². The molecule has 2 aromatic rings. The monoisotopic (exact) mass is 284 g/mol. The molecule has 4 nitrogen and oxygen atoms in total. The van der Waals surface area contributed by atoms with E-state index >= 15 is 0 Å². The second-order valence-electron chi connectivity index (χ2n) is 4.94. The summed E-state index contributed by atoms with van der Waals surface area (Å²) in [5, 5.41) is 15.7. The van der Waals surface area contributed by atoms with E-state index in [2.05, 4.69) is 10.6 Å². The van der Waals surface area contributed by atoms with E-state index in [0.29, 0.717) is 6.42 Å². The van der Waals surface area contributed by atoms with Crippen LogP contribution in [-0.2, 0) is 4.79 Å². The van der Waals surface area contributed by atoms with Crippen molar-refractivity contribution in [2.75, 3.05) is 10.6 Å². The van der Waals surface area contributed by atoms with Gasteiger partial charge < -0.3 is 15.7 Å². The minimum atomic E-state index is -0.00631. The zero-order valence-corrected chi connectivity index (χ0v) is 12.3. The highest BCUT2D eigenvalue weighted by molar-refractivity contribution is 5.90. The molecule has 0 saturated heterocycles. The molecule has 2 aromatic carbocycles. The number of aromatic hydroxyl groups is 1. The molecule has 0 bridgehead atoms. The normalized spacial score (nSPS) is 11.7. The van der Waals surface area contributed by atoms with Crippen molar-refractivity contribution in [2.45, 2.75) is 26.3 Å².